The van der Waals surface area contributed by atoms with Gasteiger partial charge in [-0.05, 0) is 29.8 Å². The van der Waals surface area contributed by atoms with Crippen LogP contribution >= 0.6 is 23.2 Å². The number of hydrogen-bond donors (Lipinski definition) is 1. The molecule has 0 amide bonds. The molecule has 1 N–H and O–H groups in total. The molecular weight excluding hydrogens is 313 g/mol. The summed E-state index contributed by atoms with van der Waals surface area (Å²) in [4.78, 5) is 8.41. The zero-order chi connectivity index (χ0) is 14.8. The average molecular weight is 324 g/mol. The van der Waals surface area contributed by atoms with E-state index >= 15 is 0 Å². The molecule has 0 aliphatic heterocycles. The number of methoxy groups -OCH3 is 1. The summed E-state index contributed by atoms with van der Waals surface area (Å²) in [7, 11) is 1.55. The first-order valence-electron chi connectivity index (χ1n) is 6.14. The lowest BCUT2D eigenvalue weighted by Crippen LogP contribution is -2.03. The highest BCUT2D eigenvalue weighted by Gasteiger charge is 2.12. The van der Waals surface area contributed by atoms with Gasteiger partial charge in [0, 0.05) is 16.5 Å². The van der Waals surface area contributed by atoms with Crippen molar-refractivity contribution in [1.82, 2.24) is 9.97 Å². The Bertz CT molecular complexity index is 775. The van der Waals surface area contributed by atoms with Gasteiger partial charge in [-0.3, -0.25) is 0 Å². The lowest BCUT2D eigenvalue weighted by molar-refractivity contribution is 0.419. The number of nitrogens with one attached hydrogen (secondary N) is 1. The quantitative estimate of drug-likeness (QED) is 0.731. The van der Waals surface area contributed by atoms with Crippen LogP contribution in [0.2, 0.25) is 10.3 Å². The summed E-state index contributed by atoms with van der Waals surface area (Å²) in [6.07, 6.45) is 1.61. The fourth-order valence-electron chi connectivity index (χ4n) is 2.01. The topological polar surface area (TPSA) is 60.2 Å². The van der Waals surface area contributed by atoms with Crippen molar-refractivity contribution in [3.63, 3.8) is 0 Å². The van der Waals surface area contributed by atoms with Crippen LogP contribution in [-0.4, -0.2) is 17.1 Å². The van der Waals surface area contributed by atoms with Crippen molar-refractivity contribution in [2.45, 2.75) is 6.54 Å². The summed E-state index contributed by atoms with van der Waals surface area (Å²) in [5.41, 5.74) is 0.601. The fraction of sp³-hybridized carbons (Fsp3) is 0.143. The third-order valence-corrected chi connectivity index (χ3v) is 3.32. The van der Waals surface area contributed by atoms with Gasteiger partial charge in [0.05, 0.1) is 19.9 Å². The summed E-state index contributed by atoms with van der Waals surface area (Å²) in [6, 6.07) is 7.14. The zero-order valence-electron chi connectivity index (χ0n) is 11.1. The number of benzene rings is 1. The molecule has 21 heavy (non-hydrogen) atoms. The van der Waals surface area contributed by atoms with Gasteiger partial charge in [0.1, 0.15) is 22.8 Å². The normalized spacial score (nSPS) is 10.8. The van der Waals surface area contributed by atoms with Gasteiger partial charge in [-0.2, -0.15) is 0 Å². The van der Waals surface area contributed by atoms with Crippen LogP contribution in [0.1, 0.15) is 5.76 Å². The Morgan fingerprint density at radius 2 is 2.14 bits per heavy atom. The number of fused-ring (bicyclic) bond motifs is 1. The molecule has 0 spiro atoms. The maximum Gasteiger partial charge on any atom is 0.225 e. The van der Waals surface area contributed by atoms with Crippen LogP contribution in [0.25, 0.3) is 10.9 Å². The number of aromatic nitrogens is 2. The van der Waals surface area contributed by atoms with Gasteiger partial charge in [-0.15, -0.1) is 0 Å². The standard InChI is InChI=1S/C14H11Cl2N3O2/c1-20-11-6-8(15)5-10-12(11)18-14(16)19-13(10)17-7-9-3-2-4-21-9/h2-6H,7H2,1H3,(H,17,18,19). The summed E-state index contributed by atoms with van der Waals surface area (Å²) in [6.45, 7) is 0.476. The van der Waals surface area contributed by atoms with E-state index in [-0.39, 0.29) is 5.28 Å². The molecule has 0 unspecified atom stereocenters. The first-order chi connectivity index (χ1) is 10.2. The number of anilines is 1. The highest BCUT2D eigenvalue weighted by Crippen LogP contribution is 2.33. The predicted octanol–water partition coefficient (Wildman–Crippen LogP) is 4.15. The Labute approximate surface area is 130 Å². The van der Waals surface area contributed by atoms with Crippen molar-refractivity contribution in [2.75, 3.05) is 12.4 Å². The second kappa shape index (κ2) is 5.79. The van der Waals surface area contributed by atoms with Gasteiger partial charge < -0.3 is 14.5 Å². The van der Waals surface area contributed by atoms with E-state index < -0.39 is 0 Å². The van der Waals surface area contributed by atoms with Crippen LogP contribution in [0.3, 0.4) is 0 Å². The third kappa shape index (κ3) is 2.89. The number of hydrogen-bond acceptors (Lipinski definition) is 5. The third-order valence-electron chi connectivity index (χ3n) is 2.93. The number of ether oxygens (including phenoxy) is 1. The number of furan rings is 1. The van der Waals surface area contributed by atoms with Gasteiger partial charge in [-0.1, -0.05) is 11.6 Å². The average Bonchev–Trinajstić information content (AvgIpc) is 2.98. The van der Waals surface area contributed by atoms with Crippen LogP contribution in [0.4, 0.5) is 5.82 Å². The minimum atomic E-state index is 0.130. The van der Waals surface area contributed by atoms with E-state index in [0.717, 1.165) is 11.1 Å². The van der Waals surface area contributed by atoms with E-state index in [1.807, 2.05) is 12.1 Å². The van der Waals surface area contributed by atoms with Gasteiger partial charge in [0.25, 0.3) is 0 Å². The minimum Gasteiger partial charge on any atom is -0.494 e. The van der Waals surface area contributed by atoms with Crippen LogP contribution < -0.4 is 10.1 Å². The number of rotatable bonds is 4. The smallest absolute Gasteiger partial charge is 0.225 e. The molecule has 5 nitrogen and oxygen atoms in total. The monoisotopic (exact) mass is 323 g/mol. The van der Waals surface area contributed by atoms with Gasteiger partial charge >= 0.3 is 0 Å². The number of nitrogens with zero attached hydrogens (tertiary/aromatic N) is 2. The summed E-state index contributed by atoms with van der Waals surface area (Å²) < 4.78 is 10.6. The van der Waals surface area contributed by atoms with Crippen LogP contribution in [0, 0.1) is 0 Å². The molecule has 0 bridgehead atoms. The lowest BCUT2D eigenvalue weighted by Gasteiger charge is -2.11. The van der Waals surface area contributed by atoms with Gasteiger partial charge in [0.15, 0.2) is 0 Å². The second-order valence-corrected chi connectivity index (χ2v) is 5.05. The molecule has 0 aliphatic rings. The molecule has 0 aliphatic carbocycles. The SMILES string of the molecule is COc1cc(Cl)cc2c(NCc3ccco3)nc(Cl)nc12. The molecular formula is C14H11Cl2N3O2. The Morgan fingerprint density at radius 1 is 1.29 bits per heavy atom. The summed E-state index contributed by atoms with van der Waals surface area (Å²) in [5, 5.41) is 4.56. The minimum absolute atomic E-state index is 0.130. The van der Waals surface area contributed by atoms with Crippen molar-refractivity contribution in [2.24, 2.45) is 0 Å². The van der Waals surface area contributed by atoms with Crippen molar-refractivity contribution >= 4 is 39.9 Å². The van der Waals surface area contributed by atoms with Crippen molar-refractivity contribution in [3.05, 3.63) is 46.6 Å². The van der Waals surface area contributed by atoms with E-state index in [2.05, 4.69) is 15.3 Å². The summed E-state index contributed by atoms with van der Waals surface area (Å²) in [5.74, 6) is 1.90. The molecule has 0 atom stereocenters. The van der Waals surface area contributed by atoms with E-state index in [0.29, 0.717) is 28.7 Å². The molecule has 0 saturated carbocycles. The van der Waals surface area contributed by atoms with Crippen LogP contribution in [0.5, 0.6) is 5.75 Å². The first-order valence-corrected chi connectivity index (χ1v) is 6.90. The van der Waals surface area contributed by atoms with Gasteiger partial charge in [0.2, 0.25) is 5.28 Å². The molecule has 3 aromatic rings. The molecule has 0 radical (unpaired) electrons. The molecule has 1 aromatic carbocycles. The summed E-state index contributed by atoms with van der Waals surface area (Å²) >= 11 is 12.1. The Kier molecular flexibility index (Phi) is 3.86. The Balaban J connectivity index is 2.06. The molecule has 0 saturated heterocycles. The van der Waals surface area contributed by atoms with E-state index in [4.69, 9.17) is 32.4 Å². The Morgan fingerprint density at radius 3 is 2.86 bits per heavy atom. The van der Waals surface area contributed by atoms with Crippen LogP contribution in [-0.2, 0) is 6.54 Å². The van der Waals surface area contributed by atoms with Crippen molar-refractivity contribution in [3.8, 4) is 5.75 Å². The molecule has 0 fully saturated rings. The fourth-order valence-corrected chi connectivity index (χ4v) is 2.39. The lowest BCUT2D eigenvalue weighted by atomic mass is 10.2. The predicted molar refractivity (Wildman–Crippen MR) is 82.1 cm³/mol. The molecule has 2 aromatic heterocycles. The maximum atomic E-state index is 6.10. The van der Waals surface area contributed by atoms with Crippen LogP contribution in [0.15, 0.2) is 34.9 Å². The van der Waals surface area contributed by atoms with E-state index in [1.165, 1.54) is 0 Å². The Hall–Kier alpha value is -1.98. The first kappa shape index (κ1) is 14.0. The molecule has 108 valence electrons. The van der Waals surface area contributed by atoms with E-state index in [1.54, 1.807) is 25.5 Å². The second-order valence-electron chi connectivity index (χ2n) is 4.28. The van der Waals surface area contributed by atoms with E-state index in [9.17, 15) is 0 Å². The van der Waals surface area contributed by atoms with Crippen molar-refractivity contribution < 1.29 is 9.15 Å². The highest BCUT2D eigenvalue weighted by atomic mass is 35.5. The highest BCUT2D eigenvalue weighted by molar-refractivity contribution is 6.32. The maximum absolute atomic E-state index is 6.10. The molecule has 2 heterocycles. The van der Waals surface area contributed by atoms with Gasteiger partial charge in [-0.25, -0.2) is 9.97 Å². The zero-order valence-corrected chi connectivity index (χ0v) is 12.6. The molecule has 3 rings (SSSR count). The number of halogens is 2. The largest absolute Gasteiger partial charge is 0.494 e. The molecule has 7 heteroatoms. The van der Waals surface area contributed by atoms with Crippen molar-refractivity contribution in [1.29, 1.82) is 0 Å².